The number of thiophene rings is 1. The molecule has 1 aromatic rings. The maximum Gasteiger partial charge on any atom is -0.00585 e. The van der Waals surface area contributed by atoms with Gasteiger partial charge in [-0.05, 0) is 34.7 Å². The fraction of sp³-hybridized carbons (Fsp3) is 0.500. The zero-order valence-corrected chi connectivity index (χ0v) is 6.74. The first-order valence-corrected chi connectivity index (χ1v) is 4.31. The molecule has 0 fully saturated rings. The third-order valence-electron chi connectivity index (χ3n) is 1.72. The summed E-state index contributed by atoms with van der Waals surface area (Å²) in [6, 6.07) is 2.21. The summed E-state index contributed by atoms with van der Waals surface area (Å²) in [5.41, 5.74) is 1.49. The lowest BCUT2D eigenvalue weighted by Gasteiger charge is -2.02. The Hall–Kier alpha value is -0.300. The van der Waals surface area contributed by atoms with Crippen LogP contribution in [0.15, 0.2) is 16.8 Å². The van der Waals surface area contributed by atoms with E-state index in [0.29, 0.717) is 0 Å². The van der Waals surface area contributed by atoms with E-state index in [2.05, 4.69) is 30.7 Å². The molecule has 1 heteroatoms. The van der Waals surface area contributed by atoms with E-state index in [0.717, 1.165) is 5.92 Å². The monoisotopic (exact) mass is 140 g/mol. The van der Waals surface area contributed by atoms with Gasteiger partial charge in [-0.1, -0.05) is 13.8 Å². The van der Waals surface area contributed by atoms with Crippen LogP contribution in [0.5, 0.6) is 0 Å². The first kappa shape index (κ1) is 6.81. The molecule has 0 aliphatic rings. The smallest absolute Gasteiger partial charge is 0.00585 e. The van der Waals surface area contributed by atoms with Crippen LogP contribution in [0.25, 0.3) is 0 Å². The lowest BCUT2D eigenvalue weighted by molar-refractivity contribution is 0.737. The largest absolute Gasteiger partial charge is 0.152 e. The zero-order valence-electron chi connectivity index (χ0n) is 5.92. The highest BCUT2D eigenvalue weighted by molar-refractivity contribution is 7.07. The molecular weight excluding hydrogens is 128 g/mol. The molecule has 0 unspecified atom stereocenters. The molecule has 0 aliphatic heterocycles. The van der Waals surface area contributed by atoms with E-state index in [1.165, 1.54) is 12.0 Å². The lowest BCUT2D eigenvalue weighted by atomic mass is 10.0. The Labute approximate surface area is 60.5 Å². The fourth-order valence-electron chi connectivity index (χ4n) is 0.791. The Morgan fingerprint density at radius 2 is 2.44 bits per heavy atom. The van der Waals surface area contributed by atoms with Crippen LogP contribution in [0.2, 0.25) is 0 Å². The molecule has 0 aromatic carbocycles. The SMILES string of the molecule is CC[C@@H](C)c1ccsc1. The maximum absolute atomic E-state index is 2.27. The number of rotatable bonds is 2. The molecule has 1 heterocycles. The van der Waals surface area contributed by atoms with Crippen molar-refractivity contribution in [1.82, 2.24) is 0 Å². The summed E-state index contributed by atoms with van der Waals surface area (Å²) in [5.74, 6) is 0.747. The molecule has 0 saturated carbocycles. The van der Waals surface area contributed by atoms with E-state index >= 15 is 0 Å². The minimum Gasteiger partial charge on any atom is -0.152 e. The summed E-state index contributed by atoms with van der Waals surface area (Å²) in [4.78, 5) is 0. The first-order valence-electron chi connectivity index (χ1n) is 3.36. The maximum atomic E-state index is 2.27. The fourth-order valence-corrected chi connectivity index (χ4v) is 1.57. The Balaban J connectivity index is 2.65. The van der Waals surface area contributed by atoms with Gasteiger partial charge in [0.2, 0.25) is 0 Å². The van der Waals surface area contributed by atoms with E-state index in [-0.39, 0.29) is 0 Å². The highest BCUT2D eigenvalue weighted by Crippen LogP contribution is 2.20. The molecule has 0 spiro atoms. The van der Waals surface area contributed by atoms with E-state index in [1.807, 2.05) is 0 Å². The van der Waals surface area contributed by atoms with Crippen molar-refractivity contribution in [3.63, 3.8) is 0 Å². The second kappa shape index (κ2) is 3.02. The van der Waals surface area contributed by atoms with Crippen LogP contribution in [-0.4, -0.2) is 0 Å². The summed E-state index contributed by atoms with van der Waals surface area (Å²) in [6.07, 6.45) is 1.25. The minimum absolute atomic E-state index is 0.747. The lowest BCUT2D eigenvalue weighted by Crippen LogP contribution is -1.85. The molecule has 0 amide bonds. The van der Waals surface area contributed by atoms with Crippen molar-refractivity contribution in [3.8, 4) is 0 Å². The molecule has 1 aromatic heterocycles. The van der Waals surface area contributed by atoms with Crippen LogP contribution in [0, 0.1) is 0 Å². The predicted octanol–water partition coefficient (Wildman–Crippen LogP) is 3.26. The summed E-state index contributed by atoms with van der Waals surface area (Å²) in [6.45, 7) is 4.49. The quantitative estimate of drug-likeness (QED) is 0.591. The summed E-state index contributed by atoms with van der Waals surface area (Å²) < 4.78 is 0. The van der Waals surface area contributed by atoms with Gasteiger partial charge in [0, 0.05) is 0 Å². The number of hydrogen-bond acceptors (Lipinski definition) is 1. The summed E-state index contributed by atoms with van der Waals surface area (Å²) in [5, 5.41) is 4.37. The summed E-state index contributed by atoms with van der Waals surface area (Å²) in [7, 11) is 0. The van der Waals surface area contributed by atoms with Crippen molar-refractivity contribution in [3.05, 3.63) is 22.4 Å². The van der Waals surface area contributed by atoms with Gasteiger partial charge in [0.25, 0.3) is 0 Å². The van der Waals surface area contributed by atoms with E-state index < -0.39 is 0 Å². The van der Waals surface area contributed by atoms with Crippen LogP contribution in [0.1, 0.15) is 31.7 Å². The van der Waals surface area contributed by atoms with Crippen LogP contribution in [-0.2, 0) is 0 Å². The zero-order chi connectivity index (χ0) is 6.69. The minimum atomic E-state index is 0.747. The molecule has 1 rings (SSSR count). The van der Waals surface area contributed by atoms with Gasteiger partial charge >= 0.3 is 0 Å². The Morgan fingerprint density at radius 3 is 2.89 bits per heavy atom. The third-order valence-corrected chi connectivity index (χ3v) is 2.43. The van der Waals surface area contributed by atoms with Gasteiger partial charge in [-0.2, -0.15) is 11.3 Å². The molecule has 9 heavy (non-hydrogen) atoms. The topological polar surface area (TPSA) is 0 Å². The highest BCUT2D eigenvalue weighted by atomic mass is 32.1. The standard InChI is InChI=1S/C8H12S/c1-3-7(2)8-4-5-9-6-8/h4-7H,3H2,1-2H3/t7-/m1/s1. The molecule has 50 valence electrons. The van der Waals surface area contributed by atoms with Gasteiger partial charge in [-0.25, -0.2) is 0 Å². The molecular formula is C8H12S. The highest BCUT2D eigenvalue weighted by Gasteiger charge is 2.00. The Morgan fingerprint density at radius 1 is 1.67 bits per heavy atom. The van der Waals surface area contributed by atoms with Gasteiger partial charge in [-0.15, -0.1) is 0 Å². The van der Waals surface area contributed by atoms with Crippen LogP contribution < -0.4 is 0 Å². The third kappa shape index (κ3) is 1.55. The molecule has 0 saturated heterocycles. The van der Waals surface area contributed by atoms with Crippen molar-refractivity contribution in [1.29, 1.82) is 0 Å². The van der Waals surface area contributed by atoms with E-state index in [9.17, 15) is 0 Å². The molecule has 0 radical (unpaired) electrons. The van der Waals surface area contributed by atoms with Crippen LogP contribution in [0.3, 0.4) is 0 Å². The van der Waals surface area contributed by atoms with E-state index in [1.54, 1.807) is 11.3 Å². The second-order valence-corrected chi connectivity index (χ2v) is 3.15. The van der Waals surface area contributed by atoms with Gasteiger partial charge in [-0.3, -0.25) is 0 Å². The van der Waals surface area contributed by atoms with Gasteiger partial charge in [0.05, 0.1) is 0 Å². The number of hydrogen-bond donors (Lipinski definition) is 0. The average molecular weight is 140 g/mol. The molecule has 0 N–H and O–H groups in total. The van der Waals surface area contributed by atoms with Gasteiger partial charge in [0.1, 0.15) is 0 Å². The van der Waals surface area contributed by atoms with Crippen molar-refractivity contribution >= 4 is 11.3 Å². The van der Waals surface area contributed by atoms with Crippen molar-refractivity contribution in [2.75, 3.05) is 0 Å². The van der Waals surface area contributed by atoms with E-state index in [4.69, 9.17) is 0 Å². The van der Waals surface area contributed by atoms with Crippen molar-refractivity contribution < 1.29 is 0 Å². The van der Waals surface area contributed by atoms with Gasteiger partial charge < -0.3 is 0 Å². The molecule has 0 aliphatic carbocycles. The Bertz CT molecular complexity index is 153. The second-order valence-electron chi connectivity index (χ2n) is 2.37. The summed E-state index contributed by atoms with van der Waals surface area (Å²) >= 11 is 1.78. The normalized spacial score (nSPS) is 13.6. The van der Waals surface area contributed by atoms with Crippen molar-refractivity contribution in [2.45, 2.75) is 26.2 Å². The average Bonchev–Trinajstić information content (AvgIpc) is 2.37. The van der Waals surface area contributed by atoms with Gasteiger partial charge in [0.15, 0.2) is 0 Å². The van der Waals surface area contributed by atoms with Crippen molar-refractivity contribution in [2.24, 2.45) is 0 Å². The van der Waals surface area contributed by atoms with Crippen LogP contribution in [0.4, 0.5) is 0 Å². The molecule has 0 bridgehead atoms. The molecule has 0 nitrogen and oxygen atoms in total. The Kier molecular flexibility index (Phi) is 2.29. The van der Waals surface area contributed by atoms with Crippen LogP contribution >= 0.6 is 11.3 Å². The molecule has 1 atom stereocenters. The first-order chi connectivity index (χ1) is 4.34. The predicted molar refractivity (Wildman–Crippen MR) is 43.0 cm³/mol.